The van der Waals surface area contributed by atoms with Crippen LogP contribution in [0.4, 0.5) is 0 Å². The number of hydrogen-bond acceptors (Lipinski definition) is 7. The second-order valence-electron chi connectivity index (χ2n) is 6.44. The summed E-state index contributed by atoms with van der Waals surface area (Å²) in [6, 6.07) is 4.35. The van der Waals surface area contributed by atoms with Crippen molar-refractivity contribution in [3.63, 3.8) is 0 Å². The minimum absolute atomic E-state index is 0.0381. The van der Waals surface area contributed by atoms with E-state index < -0.39 is 17.9 Å². The Labute approximate surface area is 184 Å². The molecule has 1 aliphatic rings. The standard InChI is InChI=1S/C20H24N2O6S2/c1-4-5-13(19(25)26)21-17(23)8-9-22-18(24)16(30-20(22)29)11-12-6-7-14(27-2)15(10-12)28-3/h6-7,10-11,13H,4-5,8-9H2,1-3H3,(H,21,23)(H,25,26)/b16-11+. The Morgan fingerprint density at radius 3 is 2.60 bits per heavy atom. The third-order valence-electron chi connectivity index (χ3n) is 4.35. The second kappa shape index (κ2) is 11.0. The molecule has 0 aliphatic carbocycles. The van der Waals surface area contributed by atoms with Crippen molar-refractivity contribution in [3.05, 3.63) is 28.7 Å². The molecule has 1 fully saturated rings. The second-order valence-corrected chi connectivity index (χ2v) is 8.12. The molecule has 0 saturated carbocycles. The van der Waals surface area contributed by atoms with Crippen molar-refractivity contribution in [2.45, 2.75) is 32.2 Å². The summed E-state index contributed by atoms with van der Waals surface area (Å²) in [6.45, 7) is 1.92. The van der Waals surface area contributed by atoms with Gasteiger partial charge in [0.15, 0.2) is 11.5 Å². The highest BCUT2D eigenvalue weighted by molar-refractivity contribution is 8.26. The van der Waals surface area contributed by atoms with Gasteiger partial charge in [-0.25, -0.2) is 4.79 Å². The number of amides is 2. The lowest BCUT2D eigenvalue weighted by Gasteiger charge is -2.16. The molecule has 10 heteroatoms. The Bertz CT molecular complexity index is 871. The van der Waals surface area contributed by atoms with Gasteiger partial charge in [0.05, 0.1) is 19.1 Å². The van der Waals surface area contributed by atoms with Crippen LogP contribution < -0.4 is 14.8 Å². The monoisotopic (exact) mass is 452 g/mol. The van der Waals surface area contributed by atoms with Crippen LogP contribution in [0.2, 0.25) is 0 Å². The number of nitrogens with zero attached hydrogens (tertiary/aromatic N) is 1. The molecular weight excluding hydrogens is 428 g/mol. The molecule has 1 aromatic carbocycles. The van der Waals surface area contributed by atoms with Crippen LogP contribution in [0.25, 0.3) is 6.08 Å². The van der Waals surface area contributed by atoms with Crippen LogP contribution in [-0.2, 0) is 14.4 Å². The Kier molecular flexibility index (Phi) is 8.67. The zero-order valence-electron chi connectivity index (χ0n) is 17.0. The summed E-state index contributed by atoms with van der Waals surface area (Å²) in [5.74, 6) is -0.687. The van der Waals surface area contributed by atoms with Crippen LogP contribution in [-0.4, -0.2) is 58.9 Å². The summed E-state index contributed by atoms with van der Waals surface area (Å²) in [5, 5.41) is 11.6. The molecule has 1 atom stereocenters. The molecule has 1 heterocycles. The number of carbonyl (C=O) groups is 3. The molecule has 2 N–H and O–H groups in total. The molecule has 0 aromatic heterocycles. The van der Waals surface area contributed by atoms with Crippen LogP contribution in [0.1, 0.15) is 31.7 Å². The van der Waals surface area contributed by atoms with E-state index in [4.69, 9.17) is 26.8 Å². The number of benzene rings is 1. The van der Waals surface area contributed by atoms with Gasteiger partial charge in [0.2, 0.25) is 5.91 Å². The number of aliphatic carboxylic acids is 1. The fraction of sp³-hybridized carbons (Fsp3) is 0.400. The van der Waals surface area contributed by atoms with Crippen LogP contribution >= 0.6 is 24.0 Å². The molecule has 1 saturated heterocycles. The molecule has 8 nitrogen and oxygen atoms in total. The summed E-state index contributed by atoms with van der Waals surface area (Å²) in [4.78, 5) is 37.8. The van der Waals surface area contributed by atoms with Crippen molar-refractivity contribution in [2.24, 2.45) is 0 Å². The maximum atomic E-state index is 12.7. The van der Waals surface area contributed by atoms with Crippen molar-refractivity contribution in [1.82, 2.24) is 10.2 Å². The minimum Gasteiger partial charge on any atom is -0.493 e. The van der Waals surface area contributed by atoms with Crippen LogP contribution in [0, 0.1) is 0 Å². The third-order valence-corrected chi connectivity index (χ3v) is 5.73. The Balaban J connectivity index is 2.03. The zero-order valence-corrected chi connectivity index (χ0v) is 18.6. The maximum absolute atomic E-state index is 12.7. The van der Waals surface area contributed by atoms with E-state index in [1.807, 2.05) is 6.92 Å². The minimum atomic E-state index is -1.08. The van der Waals surface area contributed by atoms with E-state index in [2.05, 4.69) is 5.32 Å². The van der Waals surface area contributed by atoms with Gasteiger partial charge in [-0.15, -0.1) is 0 Å². The highest BCUT2D eigenvalue weighted by atomic mass is 32.2. The fourth-order valence-corrected chi connectivity index (χ4v) is 4.12. The first kappa shape index (κ1) is 23.7. The SMILES string of the molecule is CCCC(NC(=O)CCN1C(=O)/C(=C\c2ccc(OC)c(OC)c2)SC1=S)C(=O)O. The van der Waals surface area contributed by atoms with Crippen molar-refractivity contribution in [3.8, 4) is 11.5 Å². The van der Waals surface area contributed by atoms with Crippen LogP contribution in [0.5, 0.6) is 11.5 Å². The number of nitrogens with one attached hydrogen (secondary N) is 1. The van der Waals surface area contributed by atoms with Gasteiger partial charge in [0.1, 0.15) is 10.4 Å². The number of hydrogen-bond donors (Lipinski definition) is 2. The van der Waals surface area contributed by atoms with Gasteiger partial charge >= 0.3 is 5.97 Å². The van der Waals surface area contributed by atoms with Gasteiger partial charge in [-0.2, -0.15) is 0 Å². The predicted molar refractivity (Wildman–Crippen MR) is 119 cm³/mol. The van der Waals surface area contributed by atoms with Gasteiger partial charge in [-0.05, 0) is 30.2 Å². The molecule has 1 aliphatic heterocycles. The van der Waals surface area contributed by atoms with Gasteiger partial charge in [-0.3, -0.25) is 14.5 Å². The van der Waals surface area contributed by atoms with Crippen molar-refractivity contribution in [2.75, 3.05) is 20.8 Å². The number of thioether (sulfide) groups is 1. The highest BCUT2D eigenvalue weighted by Gasteiger charge is 2.32. The molecule has 2 amide bonds. The van der Waals surface area contributed by atoms with E-state index in [1.165, 1.54) is 12.0 Å². The lowest BCUT2D eigenvalue weighted by molar-refractivity contribution is -0.142. The molecular formula is C20H24N2O6S2. The average molecular weight is 453 g/mol. The van der Waals surface area contributed by atoms with Gasteiger partial charge < -0.3 is 19.9 Å². The van der Waals surface area contributed by atoms with E-state index in [0.717, 1.165) is 17.3 Å². The number of carboxylic acid groups (broad SMARTS) is 1. The summed E-state index contributed by atoms with van der Waals surface area (Å²) in [5.41, 5.74) is 0.745. The van der Waals surface area contributed by atoms with Gasteiger partial charge in [-0.1, -0.05) is 43.4 Å². The molecule has 2 rings (SSSR count). The predicted octanol–water partition coefficient (Wildman–Crippen LogP) is 2.66. The van der Waals surface area contributed by atoms with Crippen LogP contribution in [0.15, 0.2) is 23.1 Å². The Morgan fingerprint density at radius 1 is 1.30 bits per heavy atom. The molecule has 0 bridgehead atoms. The normalized spacial score (nSPS) is 16.0. The first-order valence-electron chi connectivity index (χ1n) is 9.30. The maximum Gasteiger partial charge on any atom is 0.326 e. The summed E-state index contributed by atoms with van der Waals surface area (Å²) >= 11 is 6.43. The van der Waals surface area contributed by atoms with E-state index in [-0.39, 0.29) is 18.9 Å². The number of rotatable bonds is 10. The van der Waals surface area contributed by atoms with Crippen molar-refractivity contribution < 1.29 is 29.0 Å². The van der Waals surface area contributed by atoms with Crippen molar-refractivity contribution in [1.29, 1.82) is 0 Å². The summed E-state index contributed by atoms with van der Waals surface area (Å²) in [7, 11) is 3.07. The van der Waals surface area contributed by atoms with E-state index in [9.17, 15) is 14.4 Å². The lowest BCUT2D eigenvalue weighted by Crippen LogP contribution is -2.42. The third kappa shape index (κ3) is 5.96. The fourth-order valence-electron chi connectivity index (χ4n) is 2.81. The van der Waals surface area contributed by atoms with E-state index in [0.29, 0.717) is 33.6 Å². The van der Waals surface area contributed by atoms with Crippen molar-refractivity contribution >= 4 is 52.2 Å². The van der Waals surface area contributed by atoms with E-state index in [1.54, 1.807) is 31.4 Å². The average Bonchev–Trinajstić information content (AvgIpc) is 2.98. The van der Waals surface area contributed by atoms with Crippen LogP contribution in [0.3, 0.4) is 0 Å². The first-order valence-corrected chi connectivity index (χ1v) is 10.5. The quantitative estimate of drug-likeness (QED) is 0.412. The Morgan fingerprint density at radius 2 is 2.00 bits per heavy atom. The molecule has 0 spiro atoms. The smallest absolute Gasteiger partial charge is 0.326 e. The molecule has 1 unspecified atom stereocenters. The molecule has 0 radical (unpaired) electrons. The number of carbonyl (C=O) groups excluding carboxylic acids is 2. The van der Waals surface area contributed by atoms with E-state index >= 15 is 0 Å². The molecule has 162 valence electrons. The molecule has 30 heavy (non-hydrogen) atoms. The molecule has 1 aromatic rings. The number of methoxy groups -OCH3 is 2. The topological polar surface area (TPSA) is 105 Å². The first-order chi connectivity index (χ1) is 14.3. The van der Waals surface area contributed by atoms with Gasteiger partial charge in [0.25, 0.3) is 5.91 Å². The number of carboxylic acids is 1. The summed E-state index contributed by atoms with van der Waals surface area (Å²) < 4.78 is 10.8. The highest BCUT2D eigenvalue weighted by Crippen LogP contribution is 2.34. The number of thiocarbonyl (C=S) groups is 1. The summed E-state index contributed by atoms with van der Waals surface area (Å²) in [6.07, 6.45) is 2.63. The number of ether oxygens (including phenoxy) is 2. The zero-order chi connectivity index (χ0) is 22.3. The lowest BCUT2D eigenvalue weighted by atomic mass is 10.1. The van der Waals surface area contributed by atoms with Gasteiger partial charge in [0, 0.05) is 13.0 Å². The largest absolute Gasteiger partial charge is 0.493 e. The Hall–Kier alpha value is -2.59.